The van der Waals surface area contributed by atoms with E-state index < -0.39 is 0 Å². The number of halogens is 1. The molecule has 0 radical (unpaired) electrons. The number of hydrogen-bond donors (Lipinski definition) is 1. The van der Waals surface area contributed by atoms with Gasteiger partial charge in [-0.15, -0.1) is 11.3 Å². The van der Waals surface area contributed by atoms with Crippen LogP contribution in [-0.2, 0) is 11.3 Å². The van der Waals surface area contributed by atoms with Crippen LogP contribution in [0.15, 0.2) is 35.9 Å². The van der Waals surface area contributed by atoms with Crippen molar-refractivity contribution in [1.82, 2.24) is 19.8 Å². The van der Waals surface area contributed by atoms with Gasteiger partial charge in [-0.25, -0.2) is 9.37 Å². The highest BCUT2D eigenvalue weighted by molar-refractivity contribution is 7.09. The molecule has 0 atom stereocenters. The number of aromatic nitrogens is 2. The number of amides is 1. The summed E-state index contributed by atoms with van der Waals surface area (Å²) in [5, 5.41) is 4.28. The summed E-state index contributed by atoms with van der Waals surface area (Å²) in [6.45, 7) is 6.23. The highest BCUT2D eigenvalue weighted by Crippen LogP contribution is 2.31. The first kappa shape index (κ1) is 20.4. The minimum Gasteiger partial charge on any atom is -0.360 e. The largest absolute Gasteiger partial charge is 0.360 e. The van der Waals surface area contributed by atoms with Gasteiger partial charge in [-0.3, -0.25) is 9.69 Å². The molecule has 5 rings (SSSR count). The number of benzene rings is 1. The standard InChI is InChI=1S/C24H27FN4OS/c1-16-27-20(15-31-16)14-28-8-4-18(5-9-28)24(30)29-10-6-17(7-11-29)22-13-26-23-12-19(25)2-3-21(22)23/h2-3,6,12-13,15,18,26H,4-5,7-11,14H2,1H3. The van der Waals surface area contributed by atoms with Crippen molar-refractivity contribution < 1.29 is 9.18 Å². The number of likely N-dealkylation sites (tertiary alicyclic amines) is 1. The summed E-state index contributed by atoms with van der Waals surface area (Å²) < 4.78 is 13.5. The number of carbonyl (C=O) groups excluding carboxylic acids is 1. The molecule has 1 amide bonds. The molecule has 2 aliphatic heterocycles. The van der Waals surface area contributed by atoms with E-state index in [4.69, 9.17) is 0 Å². The first-order valence-corrected chi connectivity index (χ1v) is 11.8. The number of hydrogen-bond acceptors (Lipinski definition) is 4. The van der Waals surface area contributed by atoms with Gasteiger partial charge in [-0.2, -0.15) is 0 Å². The maximum atomic E-state index is 13.5. The predicted molar refractivity (Wildman–Crippen MR) is 122 cm³/mol. The molecule has 2 aromatic heterocycles. The second-order valence-corrected chi connectivity index (χ2v) is 9.63. The van der Waals surface area contributed by atoms with Crippen molar-refractivity contribution in [3.05, 3.63) is 57.9 Å². The number of thiazole rings is 1. The minimum atomic E-state index is -0.233. The lowest BCUT2D eigenvalue weighted by atomic mass is 9.93. The molecule has 0 spiro atoms. The number of carbonyl (C=O) groups is 1. The summed E-state index contributed by atoms with van der Waals surface area (Å²) in [5.41, 5.74) is 4.30. The monoisotopic (exact) mass is 438 g/mol. The molecule has 1 saturated heterocycles. The summed E-state index contributed by atoms with van der Waals surface area (Å²) >= 11 is 1.69. The number of aryl methyl sites for hydroxylation is 1. The minimum absolute atomic E-state index is 0.124. The number of rotatable bonds is 4. The molecule has 4 heterocycles. The molecule has 0 aliphatic carbocycles. The number of nitrogens with zero attached hydrogens (tertiary/aromatic N) is 3. The summed E-state index contributed by atoms with van der Waals surface area (Å²) in [6, 6.07) is 4.86. The molecule has 162 valence electrons. The fourth-order valence-corrected chi connectivity index (χ4v) is 5.39. The molecule has 1 N–H and O–H groups in total. The zero-order valence-corrected chi connectivity index (χ0v) is 18.6. The molecular formula is C24H27FN4OS. The molecule has 1 aromatic carbocycles. The van der Waals surface area contributed by atoms with Gasteiger partial charge in [0.05, 0.1) is 10.7 Å². The van der Waals surface area contributed by atoms with Crippen LogP contribution in [0.2, 0.25) is 0 Å². The van der Waals surface area contributed by atoms with E-state index in [1.807, 2.05) is 24.1 Å². The molecule has 7 heteroatoms. The SMILES string of the molecule is Cc1nc(CN2CCC(C(=O)N3CC=C(c4c[nH]c5cc(F)ccc45)CC3)CC2)cs1. The smallest absolute Gasteiger partial charge is 0.226 e. The van der Waals surface area contributed by atoms with E-state index in [1.54, 1.807) is 11.3 Å². The fourth-order valence-electron chi connectivity index (χ4n) is 4.78. The third-order valence-corrected chi connectivity index (χ3v) is 7.32. The highest BCUT2D eigenvalue weighted by atomic mass is 32.1. The Morgan fingerprint density at radius 3 is 2.84 bits per heavy atom. The number of aromatic amines is 1. The molecule has 1 fully saturated rings. The Balaban J connectivity index is 1.18. The van der Waals surface area contributed by atoms with Gasteiger partial charge in [-0.05, 0) is 63.0 Å². The summed E-state index contributed by atoms with van der Waals surface area (Å²) in [5.74, 6) is 0.183. The van der Waals surface area contributed by atoms with Crippen LogP contribution in [0.3, 0.4) is 0 Å². The lowest BCUT2D eigenvalue weighted by molar-refractivity contribution is -0.136. The van der Waals surface area contributed by atoms with Gasteiger partial charge in [-0.1, -0.05) is 6.08 Å². The maximum absolute atomic E-state index is 13.5. The first-order chi connectivity index (χ1) is 15.1. The van der Waals surface area contributed by atoms with Crippen LogP contribution in [0.4, 0.5) is 4.39 Å². The molecule has 31 heavy (non-hydrogen) atoms. The van der Waals surface area contributed by atoms with Gasteiger partial charge >= 0.3 is 0 Å². The Bertz CT molecular complexity index is 1130. The summed E-state index contributed by atoms with van der Waals surface area (Å²) in [6.07, 6.45) is 6.78. The molecular weight excluding hydrogens is 411 g/mol. The van der Waals surface area contributed by atoms with E-state index in [-0.39, 0.29) is 11.7 Å². The van der Waals surface area contributed by atoms with Crippen molar-refractivity contribution in [2.45, 2.75) is 32.7 Å². The Hall–Kier alpha value is -2.51. The molecule has 0 unspecified atom stereocenters. The fraction of sp³-hybridized carbons (Fsp3) is 0.417. The van der Waals surface area contributed by atoms with Crippen LogP contribution in [0.1, 0.15) is 35.5 Å². The van der Waals surface area contributed by atoms with Crippen molar-refractivity contribution in [3.63, 3.8) is 0 Å². The Morgan fingerprint density at radius 1 is 1.29 bits per heavy atom. The van der Waals surface area contributed by atoms with Crippen LogP contribution >= 0.6 is 11.3 Å². The van der Waals surface area contributed by atoms with Gasteiger partial charge in [0.1, 0.15) is 5.82 Å². The van der Waals surface area contributed by atoms with E-state index >= 15 is 0 Å². The molecule has 2 aliphatic rings. The van der Waals surface area contributed by atoms with Crippen molar-refractivity contribution in [3.8, 4) is 0 Å². The second kappa shape index (κ2) is 8.55. The highest BCUT2D eigenvalue weighted by Gasteiger charge is 2.29. The van der Waals surface area contributed by atoms with Crippen LogP contribution in [0.5, 0.6) is 0 Å². The van der Waals surface area contributed by atoms with Gasteiger partial charge in [0, 0.05) is 53.6 Å². The Kier molecular flexibility index (Phi) is 5.63. The topological polar surface area (TPSA) is 52.2 Å². The van der Waals surface area contributed by atoms with Crippen molar-refractivity contribution in [2.75, 3.05) is 26.2 Å². The van der Waals surface area contributed by atoms with Crippen molar-refractivity contribution in [1.29, 1.82) is 0 Å². The first-order valence-electron chi connectivity index (χ1n) is 10.9. The zero-order chi connectivity index (χ0) is 21.4. The maximum Gasteiger partial charge on any atom is 0.226 e. The van der Waals surface area contributed by atoms with Crippen molar-refractivity contribution >= 4 is 33.7 Å². The van der Waals surface area contributed by atoms with Gasteiger partial charge < -0.3 is 9.88 Å². The van der Waals surface area contributed by atoms with Gasteiger partial charge in [0.2, 0.25) is 5.91 Å². The number of H-pyrrole nitrogens is 1. The van der Waals surface area contributed by atoms with E-state index in [0.29, 0.717) is 12.5 Å². The van der Waals surface area contributed by atoms with Crippen LogP contribution in [0, 0.1) is 18.7 Å². The predicted octanol–water partition coefficient (Wildman–Crippen LogP) is 4.60. The third kappa shape index (κ3) is 4.29. The van der Waals surface area contributed by atoms with E-state index in [2.05, 4.69) is 26.3 Å². The van der Waals surface area contributed by atoms with Crippen LogP contribution in [0.25, 0.3) is 16.5 Å². The van der Waals surface area contributed by atoms with E-state index in [1.165, 1.54) is 17.7 Å². The normalized spacial score (nSPS) is 18.5. The average Bonchev–Trinajstić information content (AvgIpc) is 3.39. The quantitative estimate of drug-likeness (QED) is 0.648. The average molecular weight is 439 g/mol. The Labute approximate surface area is 185 Å². The number of fused-ring (bicyclic) bond motifs is 1. The molecule has 0 saturated carbocycles. The Morgan fingerprint density at radius 2 is 2.13 bits per heavy atom. The van der Waals surface area contributed by atoms with E-state index in [9.17, 15) is 9.18 Å². The van der Waals surface area contributed by atoms with Gasteiger partial charge in [0.25, 0.3) is 0 Å². The summed E-state index contributed by atoms with van der Waals surface area (Å²) in [4.78, 5) is 25.2. The molecule has 0 bridgehead atoms. The molecule has 5 nitrogen and oxygen atoms in total. The van der Waals surface area contributed by atoms with E-state index in [0.717, 1.165) is 72.6 Å². The second-order valence-electron chi connectivity index (χ2n) is 8.56. The third-order valence-electron chi connectivity index (χ3n) is 6.50. The molecule has 3 aromatic rings. The number of piperidine rings is 1. The lowest BCUT2D eigenvalue weighted by Gasteiger charge is -2.35. The zero-order valence-electron chi connectivity index (χ0n) is 17.7. The number of nitrogens with one attached hydrogen (secondary N) is 1. The van der Waals surface area contributed by atoms with Crippen molar-refractivity contribution in [2.24, 2.45) is 5.92 Å². The summed E-state index contributed by atoms with van der Waals surface area (Å²) in [7, 11) is 0. The van der Waals surface area contributed by atoms with Crippen LogP contribution in [-0.4, -0.2) is 51.9 Å². The van der Waals surface area contributed by atoms with Crippen LogP contribution < -0.4 is 0 Å². The lowest BCUT2D eigenvalue weighted by Crippen LogP contribution is -2.43. The van der Waals surface area contributed by atoms with Gasteiger partial charge in [0.15, 0.2) is 0 Å².